The topological polar surface area (TPSA) is 91.3 Å². The maximum absolute atomic E-state index is 13.4. The van der Waals surface area contributed by atoms with Gasteiger partial charge in [-0.2, -0.15) is 0 Å². The van der Waals surface area contributed by atoms with Gasteiger partial charge in [-0.25, -0.2) is 4.79 Å². The molecule has 0 aromatic heterocycles. The molecule has 0 atom stereocenters. The average molecular weight is 582 g/mol. The van der Waals surface area contributed by atoms with Gasteiger partial charge in [0.2, 0.25) is 5.91 Å². The van der Waals surface area contributed by atoms with E-state index in [1.807, 2.05) is 47.5 Å². The van der Waals surface area contributed by atoms with Gasteiger partial charge in [-0.3, -0.25) is 15.2 Å². The summed E-state index contributed by atoms with van der Waals surface area (Å²) in [6.07, 6.45) is 3.54. The second-order valence-electron chi connectivity index (χ2n) is 9.13. The van der Waals surface area contributed by atoms with Gasteiger partial charge in [-0.1, -0.05) is 40.2 Å². The van der Waals surface area contributed by atoms with E-state index in [0.29, 0.717) is 16.6 Å². The molecule has 3 aromatic carbocycles. The maximum atomic E-state index is 13.4. The Labute approximate surface area is 231 Å². The molecule has 0 aliphatic carbocycles. The van der Waals surface area contributed by atoms with Crippen molar-refractivity contribution in [2.24, 2.45) is 0 Å². The zero-order valence-corrected chi connectivity index (χ0v) is 23.2. The van der Waals surface area contributed by atoms with Gasteiger partial charge in [0.05, 0.1) is 38.6 Å². The number of benzene rings is 3. The lowest BCUT2D eigenvalue weighted by Crippen LogP contribution is -2.44. The van der Waals surface area contributed by atoms with Gasteiger partial charge < -0.3 is 19.5 Å². The van der Waals surface area contributed by atoms with Crippen LogP contribution in [0.25, 0.3) is 0 Å². The molecule has 1 aliphatic rings. The van der Waals surface area contributed by atoms with Crippen molar-refractivity contribution < 1.29 is 24.2 Å². The molecular formula is C29H32BrN3O5. The first-order chi connectivity index (χ1) is 18.4. The predicted octanol–water partition coefficient (Wildman–Crippen LogP) is 5.44. The molecule has 1 heterocycles. The van der Waals surface area contributed by atoms with E-state index in [2.05, 4.69) is 32.3 Å². The number of halogens is 1. The number of piperidine rings is 1. The van der Waals surface area contributed by atoms with E-state index in [1.54, 1.807) is 13.2 Å². The van der Waals surface area contributed by atoms with Crippen LogP contribution in [0.15, 0.2) is 65.1 Å². The van der Waals surface area contributed by atoms with Crippen molar-refractivity contribution in [3.05, 3.63) is 81.8 Å². The van der Waals surface area contributed by atoms with Gasteiger partial charge in [0, 0.05) is 17.6 Å². The Morgan fingerprint density at radius 3 is 2.37 bits per heavy atom. The highest BCUT2D eigenvalue weighted by Gasteiger charge is 2.21. The number of anilines is 2. The molecule has 1 saturated heterocycles. The van der Waals surface area contributed by atoms with Crippen LogP contribution in [0, 0.1) is 0 Å². The number of ether oxygens (including phenoxy) is 2. The number of nitrogens with zero attached hydrogens (tertiary/aromatic N) is 2. The molecule has 38 heavy (non-hydrogen) atoms. The number of carbonyl (C=O) groups is 2. The zero-order valence-electron chi connectivity index (χ0n) is 21.6. The van der Waals surface area contributed by atoms with Crippen molar-refractivity contribution in [1.29, 1.82) is 0 Å². The minimum atomic E-state index is -1.10. The second kappa shape index (κ2) is 12.7. The summed E-state index contributed by atoms with van der Waals surface area (Å²) in [5, 5.41) is 11.3. The van der Waals surface area contributed by atoms with E-state index < -0.39 is 5.97 Å². The van der Waals surface area contributed by atoms with Crippen molar-refractivity contribution >= 4 is 39.2 Å². The summed E-state index contributed by atoms with van der Waals surface area (Å²) < 4.78 is 11.1. The smallest absolute Gasteiger partial charge is 0.339 e. The summed E-state index contributed by atoms with van der Waals surface area (Å²) in [5.41, 5.74) is 6.75. The summed E-state index contributed by atoms with van der Waals surface area (Å²) in [4.78, 5) is 27.3. The lowest BCUT2D eigenvalue weighted by atomic mass is 10.1. The molecule has 0 saturated carbocycles. The fourth-order valence-corrected chi connectivity index (χ4v) is 5.11. The standard InChI is InChI=1S/C29H32BrN3O5/c1-37-22-12-10-20(11-13-22)19-33(26-9-5-4-8-25(26)32-14-6-3-7-15-32)31-28(34)17-21-16-27(38-2)23(29(35)36)18-24(21)30/h4-5,8-13,16,18H,3,6-7,14-15,17,19H2,1-2H3,(H,31,34)(H,35,36). The van der Waals surface area contributed by atoms with Crippen LogP contribution in [0.4, 0.5) is 11.4 Å². The van der Waals surface area contributed by atoms with Gasteiger partial charge in [-0.05, 0) is 66.8 Å². The van der Waals surface area contributed by atoms with Crippen LogP contribution in [0.2, 0.25) is 0 Å². The lowest BCUT2D eigenvalue weighted by Gasteiger charge is -2.34. The molecule has 1 aliphatic heterocycles. The number of para-hydroxylation sites is 2. The summed E-state index contributed by atoms with van der Waals surface area (Å²) in [6.45, 7) is 2.40. The third-order valence-electron chi connectivity index (χ3n) is 6.58. The van der Waals surface area contributed by atoms with Crippen molar-refractivity contribution in [3.63, 3.8) is 0 Å². The number of hydrogen-bond donors (Lipinski definition) is 2. The number of nitrogens with one attached hydrogen (secondary N) is 1. The highest BCUT2D eigenvalue weighted by Crippen LogP contribution is 2.32. The van der Waals surface area contributed by atoms with Gasteiger partial charge in [0.1, 0.15) is 17.1 Å². The summed E-state index contributed by atoms with van der Waals surface area (Å²) >= 11 is 3.42. The third kappa shape index (κ3) is 6.58. The molecule has 4 rings (SSSR count). The monoisotopic (exact) mass is 581 g/mol. The number of methoxy groups -OCH3 is 2. The first-order valence-corrected chi connectivity index (χ1v) is 13.3. The van der Waals surface area contributed by atoms with Gasteiger partial charge in [0.15, 0.2) is 0 Å². The summed E-state index contributed by atoms with van der Waals surface area (Å²) in [5.74, 6) is -0.369. The molecule has 0 radical (unpaired) electrons. The van der Waals surface area contributed by atoms with Gasteiger partial charge in [0.25, 0.3) is 0 Å². The molecule has 0 unspecified atom stereocenters. The molecule has 8 nitrogen and oxygen atoms in total. The van der Waals surface area contributed by atoms with Crippen molar-refractivity contribution in [2.75, 3.05) is 37.2 Å². The van der Waals surface area contributed by atoms with Gasteiger partial charge >= 0.3 is 5.97 Å². The van der Waals surface area contributed by atoms with Crippen LogP contribution >= 0.6 is 15.9 Å². The first kappa shape index (κ1) is 27.3. The highest BCUT2D eigenvalue weighted by molar-refractivity contribution is 9.10. The minimum absolute atomic E-state index is 0.0279. The second-order valence-corrected chi connectivity index (χ2v) is 9.99. The largest absolute Gasteiger partial charge is 0.497 e. The molecule has 9 heteroatoms. The Balaban J connectivity index is 1.62. The normalized spacial score (nSPS) is 13.1. The van der Waals surface area contributed by atoms with E-state index in [9.17, 15) is 14.7 Å². The lowest BCUT2D eigenvalue weighted by molar-refractivity contribution is -0.120. The number of carbonyl (C=O) groups excluding carboxylic acids is 1. The average Bonchev–Trinajstić information content (AvgIpc) is 2.94. The summed E-state index contributed by atoms with van der Waals surface area (Å²) in [6, 6.07) is 18.9. The number of hydrogen-bond acceptors (Lipinski definition) is 6. The van der Waals surface area contributed by atoms with E-state index in [1.165, 1.54) is 19.6 Å². The molecule has 0 bridgehead atoms. The number of carboxylic acid groups (broad SMARTS) is 1. The Morgan fingerprint density at radius 1 is 1.00 bits per heavy atom. The van der Waals surface area contributed by atoms with E-state index >= 15 is 0 Å². The predicted molar refractivity (Wildman–Crippen MR) is 151 cm³/mol. The number of amides is 1. The van der Waals surface area contributed by atoms with Crippen LogP contribution < -0.4 is 24.8 Å². The zero-order chi connectivity index (χ0) is 27.1. The van der Waals surface area contributed by atoms with Crippen molar-refractivity contribution in [2.45, 2.75) is 32.2 Å². The molecule has 0 spiro atoms. The number of hydrazine groups is 1. The third-order valence-corrected chi connectivity index (χ3v) is 7.32. The highest BCUT2D eigenvalue weighted by atomic mass is 79.9. The fourth-order valence-electron chi connectivity index (χ4n) is 4.62. The Bertz CT molecular complexity index is 1280. The Morgan fingerprint density at radius 2 is 1.71 bits per heavy atom. The van der Waals surface area contributed by atoms with Crippen molar-refractivity contribution in [3.8, 4) is 11.5 Å². The molecule has 2 N–H and O–H groups in total. The number of rotatable bonds is 10. The van der Waals surface area contributed by atoms with E-state index in [4.69, 9.17) is 9.47 Å². The Kier molecular flexibility index (Phi) is 9.12. The van der Waals surface area contributed by atoms with E-state index in [-0.39, 0.29) is 23.6 Å². The number of aromatic carboxylic acids is 1. The molecule has 3 aromatic rings. The maximum Gasteiger partial charge on any atom is 0.339 e. The first-order valence-electron chi connectivity index (χ1n) is 12.5. The summed E-state index contributed by atoms with van der Waals surface area (Å²) in [7, 11) is 3.04. The van der Waals surface area contributed by atoms with Crippen LogP contribution in [0.1, 0.15) is 40.7 Å². The molecule has 1 amide bonds. The van der Waals surface area contributed by atoms with Crippen molar-refractivity contribution in [1.82, 2.24) is 5.43 Å². The van der Waals surface area contributed by atoms with E-state index in [0.717, 1.165) is 48.6 Å². The van der Waals surface area contributed by atoms with Crippen LogP contribution in [0.3, 0.4) is 0 Å². The van der Waals surface area contributed by atoms with Crippen LogP contribution in [0.5, 0.6) is 11.5 Å². The SMILES string of the molecule is COc1ccc(CN(NC(=O)Cc2cc(OC)c(C(=O)O)cc2Br)c2ccccc2N2CCCCC2)cc1. The fraction of sp³-hybridized carbons (Fsp3) is 0.310. The minimum Gasteiger partial charge on any atom is -0.497 e. The van der Waals surface area contributed by atoms with Gasteiger partial charge in [-0.15, -0.1) is 0 Å². The molecule has 1 fully saturated rings. The quantitative estimate of drug-likeness (QED) is 0.308. The molecule has 200 valence electrons. The Hall–Kier alpha value is -3.72. The van der Waals surface area contributed by atoms with Crippen LogP contribution in [-0.2, 0) is 17.8 Å². The number of carboxylic acids is 1. The van der Waals surface area contributed by atoms with Crippen LogP contribution in [-0.4, -0.2) is 44.3 Å². The molecular weight excluding hydrogens is 550 g/mol.